The highest BCUT2D eigenvalue weighted by atomic mass is 32.2. The lowest BCUT2D eigenvalue weighted by molar-refractivity contribution is -0.118. The topological polar surface area (TPSA) is 106 Å². The summed E-state index contributed by atoms with van der Waals surface area (Å²) in [5, 5.41) is -0.947. The molecule has 1 unspecified atom stereocenters. The SMILES string of the molecule is CCC(C(N)=S)S(=O)(=O)N(C)CC(N)=O. The van der Waals surface area contributed by atoms with E-state index in [0.29, 0.717) is 0 Å². The third-order valence-electron chi connectivity index (χ3n) is 1.86. The van der Waals surface area contributed by atoms with Gasteiger partial charge in [-0.25, -0.2) is 8.42 Å². The molecule has 0 saturated heterocycles. The fourth-order valence-corrected chi connectivity index (χ4v) is 3.07. The van der Waals surface area contributed by atoms with Crippen LogP contribution in [0, 0.1) is 0 Å². The Bertz CT molecular complexity index is 352. The van der Waals surface area contributed by atoms with Crippen molar-refractivity contribution in [2.75, 3.05) is 13.6 Å². The number of thiocarbonyl (C=S) groups is 1. The van der Waals surface area contributed by atoms with Crippen LogP contribution in [0.2, 0.25) is 0 Å². The first-order chi connectivity index (χ1) is 6.73. The lowest BCUT2D eigenvalue weighted by atomic mass is 10.3. The molecule has 0 heterocycles. The van der Waals surface area contributed by atoms with E-state index in [1.807, 2.05) is 0 Å². The van der Waals surface area contributed by atoms with Crippen molar-refractivity contribution in [3.05, 3.63) is 0 Å². The van der Waals surface area contributed by atoms with Gasteiger partial charge < -0.3 is 11.5 Å². The number of nitrogens with zero attached hydrogens (tertiary/aromatic N) is 1. The molecule has 0 aliphatic heterocycles. The van der Waals surface area contributed by atoms with Crippen molar-refractivity contribution in [3.63, 3.8) is 0 Å². The zero-order valence-electron chi connectivity index (χ0n) is 8.63. The van der Waals surface area contributed by atoms with Gasteiger partial charge in [0, 0.05) is 7.05 Å². The standard InChI is InChI=1S/C7H15N3O3S2/c1-3-5(7(9)14)15(12,13)10(2)4-6(8)11/h5H,3-4H2,1-2H3,(H2,8,11)(H2,9,14). The van der Waals surface area contributed by atoms with Gasteiger partial charge in [-0.2, -0.15) is 4.31 Å². The molecular formula is C7H15N3O3S2. The normalized spacial score (nSPS) is 13.8. The van der Waals surface area contributed by atoms with Crippen molar-refractivity contribution in [1.82, 2.24) is 4.31 Å². The van der Waals surface area contributed by atoms with Gasteiger partial charge in [0.05, 0.1) is 11.5 Å². The minimum atomic E-state index is -3.68. The number of hydrogen-bond donors (Lipinski definition) is 2. The molecule has 0 fully saturated rings. The summed E-state index contributed by atoms with van der Waals surface area (Å²) in [6.07, 6.45) is 0.265. The molecule has 0 spiro atoms. The van der Waals surface area contributed by atoms with Crippen LogP contribution in [-0.4, -0.2) is 42.5 Å². The quantitative estimate of drug-likeness (QED) is 0.578. The highest BCUT2D eigenvalue weighted by Gasteiger charge is 2.31. The third kappa shape index (κ3) is 3.73. The zero-order chi connectivity index (χ0) is 12.2. The molecule has 0 saturated carbocycles. The number of sulfonamides is 1. The molecule has 4 N–H and O–H groups in total. The van der Waals surface area contributed by atoms with Crippen molar-refractivity contribution in [2.45, 2.75) is 18.6 Å². The number of rotatable bonds is 6. The van der Waals surface area contributed by atoms with Crippen LogP contribution in [0.5, 0.6) is 0 Å². The molecule has 0 aromatic rings. The van der Waals surface area contributed by atoms with Crippen LogP contribution in [0.1, 0.15) is 13.3 Å². The van der Waals surface area contributed by atoms with Gasteiger partial charge in [-0.3, -0.25) is 4.79 Å². The van der Waals surface area contributed by atoms with Gasteiger partial charge in [0.15, 0.2) is 0 Å². The second-order valence-corrected chi connectivity index (χ2v) is 5.76. The molecular weight excluding hydrogens is 238 g/mol. The van der Waals surface area contributed by atoms with E-state index in [1.54, 1.807) is 6.92 Å². The first kappa shape index (κ1) is 14.3. The van der Waals surface area contributed by atoms with Crippen molar-refractivity contribution in [1.29, 1.82) is 0 Å². The van der Waals surface area contributed by atoms with Crippen LogP contribution in [0.3, 0.4) is 0 Å². The molecule has 0 rings (SSSR count). The maximum absolute atomic E-state index is 11.8. The maximum atomic E-state index is 11.8. The first-order valence-electron chi connectivity index (χ1n) is 4.26. The summed E-state index contributed by atoms with van der Waals surface area (Å²) < 4.78 is 24.4. The van der Waals surface area contributed by atoms with Crippen molar-refractivity contribution < 1.29 is 13.2 Å². The Labute approximate surface area is 94.6 Å². The van der Waals surface area contributed by atoms with Crippen LogP contribution in [0.4, 0.5) is 0 Å². The second-order valence-electron chi connectivity index (χ2n) is 3.07. The zero-order valence-corrected chi connectivity index (χ0v) is 10.3. The van der Waals surface area contributed by atoms with E-state index < -0.39 is 21.2 Å². The number of carbonyl (C=O) groups is 1. The summed E-state index contributed by atoms with van der Waals surface area (Å²) in [4.78, 5) is 10.5. The van der Waals surface area contributed by atoms with E-state index in [0.717, 1.165) is 4.31 Å². The van der Waals surface area contributed by atoms with Crippen molar-refractivity contribution in [3.8, 4) is 0 Å². The molecule has 0 radical (unpaired) electrons. The number of likely N-dealkylation sites (N-methyl/N-ethyl adjacent to an activating group) is 1. The lowest BCUT2D eigenvalue weighted by Crippen LogP contribution is -2.45. The third-order valence-corrected chi connectivity index (χ3v) is 4.60. The van der Waals surface area contributed by atoms with Crippen molar-refractivity contribution >= 4 is 33.1 Å². The Hall–Kier alpha value is -0.730. The Balaban J connectivity index is 4.94. The van der Waals surface area contributed by atoms with E-state index in [-0.39, 0.29) is 18.0 Å². The largest absolute Gasteiger partial charge is 0.392 e. The summed E-state index contributed by atoms with van der Waals surface area (Å²) in [7, 11) is -2.41. The average Bonchev–Trinajstić information content (AvgIpc) is 2.02. The number of nitrogens with two attached hydrogens (primary N) is 2. The number of primary amides is 1. The molecule has 0 bridgehead atoms. The van der Waals surface area contributed by atoms with Gasteiger partial charge in [0.1, 0.15) is 5.25 Å². The number of hydrogen-bond acceptors (Lipinski definition) is 4. The second kappa shape index (κ2) is 5.38. The highest BCUT2D eigenvalue weighted by molar-refractivity contribution is 7.92. The minimum Gasteiger partial charge on any atom is -0.392 e. The Morgan fingerprint density at radius 2 is 1.93 bits per heavy atom. The first-order valence-corrected chi connectivity index (χ1v) is 6.17. The monoisotopic (exact) mass is 253 g/mol. The van der Waals surface area contributed by atoms with Crippen molar-refractivity contribution in [2.24, 2.45) is 11.5 Å². The summed E-state index contributed by atoms with van der Waals surface area (Å²) in [6.45, 7) is 1.28. The molecule has 15 heavy (non-hydrogen) atoms. The molecule has 1 amide bonds. The molecule has 1 atom stereocenters. The number of amides is 1. The van der Waals surface area contributed by atoms with Crippen LogP contribution < -0.4 is 11.5 Å². The molecule has 0 aromatic carbocycles. The smallest absolute Gasteiger partial charge is 0.232 e. The molecule has 88 valence electrons. The van der Waals surface area contributed by atoms with Crippen LogP contribution >= 0.6 is 12.2 Å². The average molecular weight is 253 g/mol. The predicted molar refractivity (Wildman–Crippen MR) is 61.6 cm³/mol. The molecule has 6 nitrogen and oxygen atoms in total. The Kier molecular flexibility index (Phi) is 5.12. The van der Waals surface area contributed by atoms with Crippen LogP contribution in [-0.2, 0) is 14.8 Å². The molecule has 0 aromatic heterocycles. The van der Waals surface area contributed by atoms with Crippen LogP contribution in [0.25, 0.3) is 0 Å². The summed E-state index contributed by atoms with van der Waals surface area (Å²) in [6, 6.07) is 0. The summed E-state index contributed by atoms with van der Waals surface area (Å²) >= 11 is 4.65. The van der Waals surface area contributed by atoms with E-state index >= 15 is 0 Å². The van der Waals surface area contributed by atoms with Gasteiger partial charge in [0.2, 0.25) is 15.9 Å². The fourth-order valence-electron chi connectivity index (χ4n) is 1.09. The Morgan fingerprint density at radius 1 is 1.47 bits per heavy atom. The van der Waals surface area contributed by atoms with Crippen LogP contribution in [0.15, 0.2) is 0 Å². The fraction of sp³-hybridized carbons (Fsp3) is 0.714. The van der Waals surface area contributed by atoms with E-state index in [1.165, 1.54) is 7.05 Å². The highest BCUT2D eigenvalue weighted by Crippen LogP contribution is 2.10. The maximum Gasteiger partial charge on any atom is 0.232 e. The summed E-state index contributed by atoms with van der Waals surface area (Å²) in [5.74, 6) is -0.723. The summed E-state index contributed by atoms with van der Waals surface area (Å²) in [5.41, 5.74) is 10.2. The number of carbonyl (C=O) groups excluding carboxylic acids is 1. The predicted octanol–water partition coefficient (Wildman–Crippen LogP) is -1.20. The molecule has 0 aliphatic rings. The molecule has 0 aliphatic carbocycles. The lowest BCUT2D eigenvalue weighted by Gasteiger charge is -2.21. The van der Waals surface area contributed by atoms with Gasteiger partial charge in [-0.1, -0.05) is 19.1 Å². The van der Waals surface area contributed by atoms with E-state index in [2.05, 4.69) is 12.2 Å². The van der Waals surface area contributed by atoms with Gasteiger partial charge in [-0.05, 0) is 6.42 Å². The van der Waals surface area contributed by atoms with E-state index in [9.17, 15) is 13.2 Å². The van der Waals surface area contributed by atoms with Gasteiger partial charge in [0.25, 0.3) is 0 Å². The molecule has 8 heteroatoms. The van der Waals surface area contributed by atoms with Gasteiger partial charge >= 0.3 is 0 Å². The minimum absolute atomic E-state index is 0.103. The van der Waals surface area contributed by atoms with E-state index in [4.69, 9.17) is 11.5 Å². The van der Waals surface area contributed by atoms with Gasteiger partial charge in [-0.15, -0.1) is 0 Å². The Morgan fingerprint density at radius 3 is 2.20 bits per heavy atom.